The van der Waals surface area contributed by atoms with Crippen LogP contribution in [-0.4, -0.2) is 44.0 Å². The summed E-state index contributed by atoms with van der Waals surface area (Å²) < 4.78 is 2.01. The maximum atomic E-state index is 12.5. The van der Waals surface area contributed by atoms with Crippen molar-refractivity contribution in [2.24, 2.45) is 0 Å². The average Bonchev–Trinajstić information content (AvgIpc) is 3.20. The molecular weight excluding hydrogens is 376 g/mol. The van der Waals surface area contributed by atoms with Crippen LogP contribution in [0.1, 0.15) is 42.1 Å². The summed E-state index contributed by atoms with van der Waals surface area (Å²) in [6, 6.07) is 10.1. The Morgan fingerprint density at radius 1 is 1.29 bits per heavy atom. The molecule has 1 fully saturated rings. The van der Waals surface area contributed by atoms with E-state index in [2.05, 4.69) is 22.5 Å². The van der Waals surface area contributed by atoms with Gasteiger partial charge >= 0.3 is 0 Å². The molecule has 0 spiro atoms. The molecule has 2 aromatic rings. The van der Waals surface area contributed by atoms with Crippen LogP contribution in [-0.2, 0) is 22.6 Å². The lowest BCUT2D eigenvalue weighted by Crippen LogP contribution is -2.35. The second-order valence-corrected chi connectivity index (χ2v) is 8.33. The Bertz CT molecular complexity index is 911. The second-order valence-electron chi connectivity index (χ2n) is 7.18. The number of thioether (sulfide) groups is 1. The molecule has 1 aromatic carbocycles. The Morgan fingerprint density at radius 3 is 2.79 bits per heavy atom. The van der Waals surface area contributed by atoms with Crippen molar-refractivity contribution in [1.29, 1.82) is 0 Å². The quantitative estimate of drug-likeness (QED) is 0.837. The molecule has 0 radical (unpaired) electrons. The minimum Gasteiger partial charge on any atom is -0.349 e. The zero-order valence-electron chi connectivity index (χ0n) is 15.6. The molecule has 0 bridgehead atoms. The van der Waals surface area contributed by atoms with Crippen LogP contribution in [0.25, 0.3) is 0 Å². The van der Waals surface area contributed by atoms with E-state index >= 15 is 0 Å². The number of nitrogens with zero attached hydrogens (tertiary/aromatic N) is 3. The third-order valence-corrected chi connectivity index (χ3v) is 6.40. The van der Waals surface area contributed by atoms with E-state index in [1.807, 2.05) is 29.1 Å². The Labute approximate surface area is 167 Å². The fraction of sp³-hybridized carbons (Fsp3) is 0.400. The number of rotatable bonds is 5. The largest absolute Gasteiger partial charge is 0.349 e. The SMILES string of the molecule is CN1C(=O)S[C@@H](CC(=O)N[C@@H]2CCCc3c2cnn3Cc2ccccc2)C1=O. The number of imide groups is 1. The zero-order valence-corrected chi connectivity index (χ0v) is 16.4. The minimum absolute atomic E-state index is 0.0174. The number of hydrogen-bond acceptors (Lipinski definition) is 5. The maximum absolute atomic E-state index is 12.5. The molecule has 3 amide bonds. The van der Waals surface area contributed by atoms with Crippen LogP contribution in [0.15, 0.2) is 36.5 Å². The molecule has 2 heterocycles. The molecule has 0 unspecified atom stereocenters. The van der Waals surface area contributed by atoms with Crippen molar-refractivity contribution in [3.05, 3.63) is 53.3 Å². The van der Waals surface area contributed by atoms with Gasteiger partial charge in [-0.3, -0.25) is 24.0 Å². The summed E-state index contributed by atoms with van der Waals surface area (Å²) in [7, 11) is 1.45. The van der Waals surface area contributed by atoms with Gasteiger partial charge in [-0.15, -0.1) is 0 Å². The van der Waals surface area contributed by atoms with E-state index < -0.39 is 5.25 Å². The molecule has 0 saturated carbocycles. The van der Waals surface area contributed by atoms with Gasteiger partial charge in [-0.25, -0.2) is 0 Å². The molecule has 28 heavy (non-hydrogen) atoms. The van der Waals surface area contributed by atoms with Crippen LogP contribution in [0.4, 0.5) is 4.79 Å². The molecule has 1 aromatic heterocycles. The van der Waals surface area contributed by atoms with Crippen molar-refractivity contribution in [3.8, 4) is 0 Å². The van der Waals surface area contributed by atoms with Crippen LogP contribution >= 0.6 is 11.8 Å². The number of benzene rings is 1. The number of aromatic nitrogens is 2. The molecule has 1 aliphatic carbocycles. The Balaban J connectivity index is 1.43. The van der Waals surface area contributed by atoms with E-state index in [-0.39, 0.29) is 29.5 Å². The molecule has 1 N–H and O–H groups in total. The van der Waals surface area contributed by atoms with Gasteiger partial charge in [0.25, 0.3) is 5.24 Å². The van der Waals surface area contributed by atoms with Crippen molar-refractivity contribution < 1.29 is 14.4 Å². The first-order chi connectivity index (χ1) is 13.5. The standard InChI is InChI=1S/C20H22N4O3S/c1-23-19(26)17(28-20(23)27)10-18(25)22-15-8-5-9-16-14(15)11-21-24(16)12-13-6-3-2-4-7-13/h2-4,6-7,11,15,17H,5,8-10,12H2,1H3,(H,22,25)/t15-,17+/m1/s1. The van der Waals surface area contributed by atoms with Gasteiger partial charge in [0.1, 0.15) is 5.25 Å². The van der Waals surface area contributed by atoms with Gasteiger partial charge in [-0.1, -0.05) is 42.1 Å². The van der Waals surface area contributed by atoms with Gasteiger partial charge in [0.05, 0.1) is 18.8 Å². The molecule has 1 aliphatic heterocycles. The van der Waals surface area contributed by atoms with Gasteiger partial charge < -0.3 is 5.32 Å². The van der Waals surface area contributed by atoms with Gasteiger partial charge in [0.2, 0.25) is 11.8 Å². The van der Waals surface area contributed by atoms with E-state index in [0.29, 0.717) is 6.54 Å². The van der Waals surface area contributed by atoms with Crippen LogP contribution in [0.2, 0.25) is 0 Å². The fourth-order valence-corrected chi connectivity index (χ4v) is 4.75. The average molecular weight is 398 g/mol. The van der Waals surface area contributed by atoms with E-state index in [4.69, 9.17) is 0 Å². The highest BCUT2D eigenvalue weighted by atomic mass is 32.2. The third kappa shape index (κ3) is 3.69. The van der Waals surface area contributed by atoms with E-state index in [1.165, 1.54) is 12.6 Å². The number of amides is 3. The van der Waals surface area contributed by atoms with Crippen LogP contribution in [0.3, 0.4) is 0 Å². The van der Waals surface area contributed by atoms with Gasteiger partial charge in [0.15, 0.2) is 0 Å². The lowest BCUT2D eigenvalue weighted by molar-refractivity contribution is -0.129. The summed E-state index contributed by atoms with van der Waals surface area (Å²) in [5, 5.41) is 6.66. The maximum Gasteiger partial charge on any atom is 0.288 e. The summed E-state index contributed by atoms with van der Waals surface area (Å²) in [5.74, 6) is -0.507. The predicted octanol–water partition coefficient (Wildman–Crippen LogP) is 2.51. The van der Waals surface area contributed by atoms with Gasteiger partial charge in [-0.2, -0.15) is 5.10 Å². The number of nitrogens with one attached hydrogen (secondary N) is 1. The van der Waals surface area contributed by atoms with Crippen molar-refractivity contribution in [2.75, 3.05) is 7.05 Å². The zero-order chi connectivity index (χ0) is 19.7. The number of fused-ring (bicyclic) bond motifs is 1. The van der Waals surface area contributed by atoms with Gasteiger partial charge in [0, 0.05) is 24.7 Å². The summed E-state index contributed by atoms with van der Waals surface area (Å²) in [5.41, 5.74) is 3.39. The van der Waals surface area contributed by atoms with Crippen molar-refractivity contribution >= 4 is 28.8 Å². The van der Waals surface area contributed by atoms with E-state index in [1.54, 1.807) is 0 Å². The van der Waals surface area contributed by atoms with E-state index in [9.17, 15) is 14.4 Å². The molecule has 8 heteroatoms. The first kappa shape index (κ1) is 18.7. The predicted molar refractivity (Wildman–Crippen MR) is 106 cm³/mol. The second kappa shape index (κ2) is 7.79. The van der Waals surface area contributed by atoms with Crippen molar-refractivity contribution in [1.82, 2.24) is 20.0 Å². The first-order valence-corrected chi connectivity index (χ1v) is 10.3. The smallest absolute Gasteiger partial charge is 0.288 e. The fourth-order valence-electron chi connectivity index (χ4n) is 3.77. The van der Waals surface area contributed by atoms with Crippen molar-refractivity contribution in [2.45, 2.75) is 43.5 Å². The highest BCUT2D eigenvalue weighted by Gasteiger charge is 2.38. The van der Waals surface area contributed by atoms with Crippen LogP contribution < -0.4 is 5.32 Å². The summed E-state index contributed by atoms with van der Waals surface area (Å²) in [4.78, 5) is 37.2. The number of carbonyl (C=O) groups is 3. The van der Waals surface area contributed by atoms with Crippen LogP contribution in [0, 0.1) is 0 Å². The topological polar surface area (TPSA) is 84.3 Å². The minimum atomic E-state index is -0.624. The Kier molecular flexibility index (Phi) is 5.21. The first-order valence-electron chi connectivity index (χ1n) is 9.39. The Hall–Kier alpha value is -2.61. The molecular formula is C20H22N4O3S. The highest BCUT2D eigenvalue weighted by molar-refractivity contribution is 8.15. The number of carbonyl (C=O) groups excluding carboxylic acids is 3. The van der Waals surface area contributed by atoms with Gasteiger partial charge in [-0.05, 0) is 24.8 Å². The molecule has 146 valence electrons. The lowest BCUT2D eigenvalue weighted by Gasteiger charge is -2.24. The summed E-state index contributed by atoms with van der Waals surface area (Å²) in [6.07, 6.45) is 4.61. The molecule has 7 nitrogen and oxygen atoms in total. The molecule has 1 saturated heterocycles. The molecule has 2 aliphatic rings. The third-order valence-electron chi connectivity index (χ3n) is 5.27. The summed E-state index contributed by atoms with van der Waals surface area (Å²) in [6.45, 7) is 0.707. The lowest BCUT2D eigenvalue weighted by atomic mass is 9.92. The highest BCUT2D eigenvalue weighted by Crippen LogP contribution is 2.31. The van der Waals surface area contributed by atoms with Crippen molar-refractivity contribution in [3.63, 3.8) is 0 Å². The van der Waals surface area contributed by atoms with Crippen LogP contribution in [0.5, 0.6) is 0 Å². The summed E-state index contributed by atoms with van der Waals surface area (Å²) >= 11 is 0.923. The monoisotopic (exact) mass is 398 g/mol. The van der Waals surface area contributed by atoms with E-state index in [0.717, 1.165) is 47.2 Å². The normalized spacial score (nSPS) is 21.7. The molecule has 4 rings (SSSR count). The molecule has 2 atom stereocenters. The number of hydrogen-bond donors (Lipinski definition) is 1. The Morgan fingerprint density at radius 2 is 2.07 bits per heavy atom.